The van der Waals surface area contributed by atoms with Crippen LogP contribution in [0.15, 0.2) is 54.6 Å². The van der Waals surface area contributed by atoms with Gasteiger partial charge in [-0.25, -0.2) is 4.79 Å². The quantitative estimate of drug-likeness (QED) is 0.373. The normalized spacial score (nSPS) is 12.2. The molecule has 3 aromatic rings. The molecule has 0 bridgehead atoms. The van der Waals surface area contributed by atoms with Crippen molar-refractivity contribution >= 4 is 51.5 Å². The minimum atomic E-state index is -1.46. The van der Waals surface area contributed by atoms with Crippen molar-refractivity contribution in [2.45, 2.75) is 6.10 Å². The molecule has 0 heterocycles. The highest BCUT2D eigenvalue weighted by molar-refractivity contribution is 6.43. The first-order valence-corrected chi connectivity index (χ1v) is 8.12. The second-order valence-corrected chi connectivity index (χ2v) is 6.31. The number of aliphatic hydroxyl groups is 1. The number of rotatable bonds is 3. The molecule has 3 nitrogen and oxygen atoms in total. The number of benzene rings is 3. The Kier molecular flexibility index (Phi) is 4.97. The molecule has 0 aliphatic rings. The summed E-state index contributed by atoms with van der Waals surface area (Å²) in [4.78, 5) is 12.3. The lowest BCUT2D eigenvalue weighted by atomic mass is 10.0. The van der Waals surface area contributed by atoms with E-state index in [2.05, 4.69) is 0 Å². The van der Waals surface area contributed by atoms with Gasteiger partial charge < -0.3 is 9.84 Å². The molecule has 0 saturated carbocycles. The van der Waals surface area contributed by atoms with E-state index in [9.17, 15) is 9.90 Å². The van der Waals surface area contributed by atoms with Crippen LogP contribution in [0.4, 0.5) is 0 Å². The van der Waals surface area contributed by atoms with Crippen molar-refractivity contribution in [1.29, 1.82) is 0 Å². The zero-order chi connectivity index (χ0) is 17.3. The molecule has 1 N–H and O–H groups in total. The molecule has 0 fully saturated rings. The van der Waals surface area contributed by atoms with Crippen molar-refractivity contribution in [2.75, 3.05) is 0 Å². The monoisotopic (exact) mass is 380 g/mol. The van der Waals surface area contributed by atoms with Crippen LogP contribution < -0.4 is 4.74 Å². The molecule has 1 atom stereocenters. The number of carbonyl (C=O) groups is 1. The van der Waals surface area contributed by atoms with Gasteiger partial charge in [-0.1, -0.05) is 77.3 Å². The zero-order valence-corrected chi connectivity index (χ0v) is 14.4. The number of fused-ring (bicyclic) bond motifs is 1. The average molecular weight is 382 g/mol. The molecular weight excluding hydrogens is 371 g/mol. The van der Waals surface area contributed by atoms with E-state index >= 15 is 0 Å². The summed E-state index contributed by atoms with van der Waals surface area (Å²) in [7, 11) is 0. The van der Waals surface area contributed by atoms with Gasteiger partial charge in [0, 0.05) is 6.07 Å². The van der Waals surface area contributed by atoms with Crippen LogP contribution in [-0.4, -0.2) is 11.1 Å². The molecule has 0 aromatic heterocycles. The van der Waals surface area contributed by atoms with E-state index < -0.39 is 12.1 Å². The van der Waals surface area contributed by atoms with Crippen molar-refractivity contribution in [2.24, 2.45) is 0 Å². The van der Waals surface area contributed by atoms with Crippen LogP contribution in [0.3, 0.4) is 0 Å². The lowest BCUT2D eigenvalue weighted by molar-refractivity contribution is -0.144. The Bertz CT molecular complexity index is 919. The number of esters is 1. The Morgan fingerprint density at radius 3 is 2.38 bits per heavy atom. The van der Waals surface area contributed by atoms with E-state index in [4.69, 9.17) is 39.5 Å². The highest BCUT2D eigenvalue weighted by atomic mass is 35.5. The van der Waals surface area contributed by atoms with Crippen LogP contribution in [0.1, 0.15) is 11.7 Å². The average Bonchev–Trinajstić information content (AvgIpc) is 2.58. The molecule has 0 radical (unpaired) electrons. The van der Waals surface area contributed by atoms with Gasteiger partial charge in [0.05, 0.1) is 15.1 Å². The Labute approximate surface area is 153 Å². The summed E-state index contributed by atoms with van der Waals surface area (Å²) in [6.07, 6.45) is -1.46. The Hall–Kier alpha value is -1.78. The fraction of sp³-hybridized carbons (Fsp3) is 0.0556. The van der Waals surface area contributed by atoms with Crippen LogP contribution in [0, 0.1) is 0 Å². The second kappa shape index (κ2) is 6.99. The van der Waals surface area contributed by atoms with Gasteiger partial charge in [0.2, 0.25) is 0 Å². The number of ether oxygens (including phenoxy) is 1. The molecule has 3 rings (SSSR count). The van der Waals surface area contributed by atoms with Crippen molar-refractivity contribution in [3.8, 4) is 5.75 Å². The van der Waals surface area contributed by atoms with Gasteiger partial charge in [-0.2, -0.15) is 0 Å². The number of halogens is 3. The minimum absolute atomic E-state index is 0.0374. The largest absolute Gasteiger partial charge is 0.423 e. The Balaban J connectivity index is 1.91. The number of hydrogen-bond donors (Lipinski definition) is 1. The molecule has 0 saturated heterocycles. The van der Waals surface area contributed by atoms with Crippen LogP contribution in [0.25, 0.3) is 10.8 Å². The molecule has 122 valence electrons. The molecule has 0 amide bonds. The minimum Gasteiger partial charge on any atom is -0.423 e. The van der Waals surface area contributed by atoms with Gasteiger partial charge in [-0.05, 0) is 22.4 Å². The first kappa shape index (κ1) is 17.1. The van der Waals surface area contributed by atoms with E-state index in [1.807, 2.05) is 30.3 Å². The smallest absolute Gasteiger partial charge is 0.345 e. The number of carbonyl (C=O) groups excluding carboxylic acids is 1. The standard InChI is InChI=1S/C18H11Cl3O3/c19-13-8-15(21)16(9-14(13)20)24-18(23)17(22)12-7-3-5-10-4-1-2-6-11(10)12/h1-9,17,22H. The summed E-state index contributed by atoms with van der Waals surface area (Å²) in [6, 6.07) is 15.5. The number of aliphatic hydroxyl groups excluding tert-OH is 1. The van der Waals surface area contributed by atoms with Crippen molar-refractivity contribution in [1.82, 2.24) is 0 Å². The van der Waals surface area contributed by atoms with Gasteiger partial charge in [0.15, 0.2) is 11.9 Å². The highest BCUT2D eigenvalue weighted by Gasteiger charge is 2.23. The first-order valence-electron chi connectivity index (χ1n) is 6.99. The van der Waals surface area contributed by atoms with E-state index in [1.165, 1.54) is 12.1 Å². The third kappa shape index (κ3) is 3.35. The van der Waals surface area contributed by atoms with Crippen molar-refractivity contribution < 1.29 is 14.6 Å². The maximum Gasteiger partial charge on any atom is 0.345 e. The molecule has 0 aliphatic heterocycles. The lowest BCUT2D eigenvalue weighted by Crippen LogP contribution is -2.18. The highest BCUT2D eigenvalue weighted by Crippen LogP contribution is 2.35. The summed E-state index contributed by atoms with van der Waals surface area (Å²) in [6.45, 7) is 0. The lowest BCUT2D eigenvalue weighted by Gasteiger charge is -2.14. The van der Waals surface area contributed by atoms with Crippen molar-refractivity contribution in [3.05, 3.63) is 75.2 Å². The molecule has 24 heavy (non-hydrogen) atoms. The predicted molar refractivity (Wildman–Crippen MR) is 96.0 cm³/mol. The Morgan fingerprint density at radius 1 is 0.917 bits per heavy atom. The van der Waals surface area contributed by atoms with Crippen LogP contribution in [0.2, 0.25) is 15.1 Å². The maximum absolute atomic E-state index is 12.3. The topological polar surface area (TPSA) is 46.5 Å². The summed E-state index contributed by atoms with van der Waals surface area (Å²) < 4.78 is 5.18. The van der Waals surface area contributed by atoms with Crippen LogP contribution in [-0.2, 0) is 4.79 Å². The third-order valence-corrected chi connectivity index (χ3v) is 4.54. The molecule has 6 heteroatoms. The van der Waals surface area contributed by atoms with E-state index in [-0.39, 0.29) is 20.8 Å². The number of hydrogen-bond acceptors (Lipinski definition) is 3. The summed E-state index contributed by atoms with van der Waals surface area (Å²) in [5, 5.41) is 12.6. The molecule has 0 aliphatic carbocycles. The third-order valence-electron chi connectivity index (χ3n) is 3.53. The van der Waals surface area contributed by atoms with E-state index in [0.29, 0.717) is 5.56 Å². The fourth-order valence-electron chi connectivity index (χ4n) is 2.36. The predicted octanol–water partition coefficient (Wildman–Crippen LogP) is 5.44. The second-order valence-electron chi connectivity index (χ2n) is 5.09. The fourth-order valence-corrected chi connectivity index (χ4v) is 2.94. The summed E-state index contributed by atoms with van der Waals surface area (Å²) >= 11 is 17.7. The van der Waals surface area contributed by atoms with Crippen LogP contribution >= 0.6 is 34.8 Å². The molecule has 1 unspecified atom stereocenters. The maximum atomic E-state index is 12.3. The van der Waals surface area contributed by atoms with Gasteiger partial charge >= 0.3 is 5.97 Å². The first-order chi connectivity index (χ1) is 11.5. The SMILES string of the molecule is O=C(Oc1cc(Cl)c(Cl)cc1Cl)C(O)c1cccc2ccccc12. The summed E-state index contributed by atoms with van der Waals surface area (Å²) in [5.41, 5.74) is 0.453. The van der Waals surface area contributed by atoms with E-state index in [0.717, 1.165) is 10.8 Å². The van der Waals surface area contributed by atoms with Gasteiger partial charge in [-0.3, -0.25) is 0 Å². The molecular formula is C18H11Cl3O3. The van der Waals surface area contributed by atoms with Crippen molar-refractivity contribution in [3.63, 3.8) is 0 Å². The van der Waals surface area contributed by atoms with Gasteiger partial charge in [0.25, 0.3) is 0 Å². The van der Waals surface area contributed by atoms with Crippen LogP contribution in [0.5, 0.6) is 5.75 Å². The summed E-state index contributed by atoms with van der Waals surface area (Å²) in [5.74, 6) is -0.818. The molecule has 3 aromatic carbocycles. The van der Waals surface area contributed by atoms with Gasteiger partial charge in [0.1, 0.15) is 0 Å². The van der Waals surface area contributed by atoms with E-state index in [1.54, 1.807) is 12.1 Å². The zero-order valence-electron chi connectivity index (χ0n) is 12.2. The molecule has 0 spiro atoms. The van der Waals surface area contributed by atoms with Gasteiger partial charge in [-0.15, -0.1) is 0 Å². The Morgan fingerprint density at radius 2 is 1.58 bits per heavy atom.